The topological polar surface area (TPSA) is 72.6 Å². The van der Waals surface area contributed by atoms with E-state index in [2.05, 4.69) is 21.1 Å². The van der Waals surface area contributed by atoms with Crippen molar-refractivity contribution in [2.24, 2.45) is 0 Å². The Hall–Kier alpha value is -0.880. The van der Waals surface area contributed by atoms with E-state index in [1.807, 2.05) is 0 Å². The van der Waals surface area contributed by atoms with Gasteiger partial charge in [-0.25, -0.2) is 4.79 Å². The fourth-order valence-electron chi connectivity index (χ4n) is 1.68. The zero-order valence-electron chi connectivity index (χ0n) is 7.90. The quantitative estimate of drug-likeness (QED) is 0.897. The first-order valence-corrected chi connectivity index (χ1v) is 5.49. The number of hydrogen-bond donors (Lipinski definition) is 1. The van der Waals surface area contributed by atoms with Crippen molar-refractivity contribution >= 4 is 21.9 Å². The van der Waals surface area contributed by atoms with Gasteiger partial charge in [0.15, 0.2) is 4.60 Å². The monoisotopic (exact) mass is 275 g/mol. The van der Waals surface area contributed by atoms with Crippen molar-refractivity contribution < 1.29 is 19.2 Å². The summed E-state index contributed by atoms with van der Waals surface area (Å²) >= 11 is 3.17. The Morgan fingerprint density at radius 3 is 2.93 bits per heavy atom. The predicted octanol–water partition coefficient (Wildman–Crippen LogP) is 2.38. The zero-order chi connectivity index (χ0) is 10.8. The molecule has 2 heterocycles. The third-order valence-electron chi connectivity index (χ3n) is 2.38. The van der Waals surface area contributed by atoms with E-state index in [1.165, 1.54) is 0 Å². The first-order valence-electron chi connectivity index (χ1n) is 4.70. The van der Waals surface area contributed by atoms with Crippen LogP contribution in [0.15, 0.2) is 9.13 Å². The Balaban J connectivity index is 2.32. The van der Waals surface area contributed by atoms with E-state index in [1.54, 1.807) is 0 Å². The largest absolute Gasteiger partial charge is 0.475 e. The molecule has 15 heavy (non-hydrogen) atoms. The second-order valence-corrected chi connectivity index (χ2v) is 4.13. The van der Waals surface area contributed by atoms with E-state index < -0.39 is 5.97 Å². The van der Waals surface area contributed by atoms with Crippen molar-refractivity contribution in [2.75, 3.05) is 6.61 Å². The Kier molecular flexibility index (Phi) is 3.06. The van der Waals surface area contributed by atoms with Crippen LogP contribution in [0.3, 0.4) is 0 Å². The third-order valence-corrected chi connectivity index (χ3v) is 2.95. The van der Waals surface area contributed by atoms with Crippen molar-refractivity contribution in [3.8, 4) is 0 Å². The second-order valence-electron chi connectivity index (χ2n) is 3.38. The summed E-state index contributed by atoms with van der Waals surface area (Å²) in [7, 11) is 0. The van der Waals surface area contributed by atoms with Crippen molar-refractivity contribution in [2.45, 2.75) is 25.4 Å². The number of aromatic carboxylic acids is 1. The van der Waals surface area contributed by atoms with Gasteiger partial charge >= 0.3 is 5.97 Å². The number of hydrogen-bond acceptors (Lipinski definition) is 4. The van der Waals surface area contributed by atoms with Gasteiger partial charge < -0.3 is 14.4 Å². The number of rotatable bonds is 2. The van der Waals surface area contributed by atoms with Gasteiger partial charge in [0, 0.05) is 6.61 Å². The van der Waals surface area contributed by atoms with Crippen LogP contribution in [0.4, 0.5) is 0 Å². The molecule has 1 aromatic heterocycles. The summed E-state index contributed by atoms with van der Waals surface area (Å²) in [5, 5.41) is 12.5. The molecule has 0 bridgehead atoms. The summed E-state index contributed by atoms with van der Waals surface area (Å²) in [6.07, 6.45) is 2.63. The van der Waals surface area contributed by atoms with Crippen LogP contribution in [0.5, 0.6) is 0 Å². The lowest BCUT2D eigenvalue weighted by atomic mass is 10.0. The SMILES string of the molecule is O=C(O)c1onc(Br)c1C1CCCCO1. The predicted molar refractivity (Wildman–Crippen MR) is 53.7 cm³/mol. The van der Waals surface area contributed by atoms with Crippen LogP contribution >= 0.6 is 15.9 Å². The number of nitrogens with zero attached hydrogens (tertiary/aromatic N) is 1. The molecule has 1 aromatic rings. The number of carboxylic acids is 1. The molecular weight excluding hydrogens is 266 g/mol. The molecule has 0 radical (unpaired) electrons. The van der Waals surface area contributed by atoms with Gasteiger partial charge in [0.25, 0.3) is 5.76 Å². The van der Waals surface area contributed by atoms with Crippen LogP contribution in [-0.2, 0) is 4.74 Å². The molecule has 0 amide bonds. The van der Waals surface area contributed by atoms with Gasteiger partial charge in [0.1, 0.15) is 0 Å². The van der Waals surface area contributed by atoms with Crippen LogP contribution in [0, 0.1) is 0 Å². The maximum Gasteiger partial charge on any atom is 0.375 e. The van der Waals surface area contributed by atoms with E-state index in [4.69, 9.17) is 14.4 Å². The first-order chi connectivity index (χ1) is 7.20. The van der Waals surface area contributed by atoms with Gasteiger partial charge in [0.2, 0.25) is 0 Å². The van der Waals surface area contributed by atoms with E-state index in [-0.39, 0.29) is 11.9 Å². The maximum absolute atomic E-state index is 10.9. The first kappa shape index (κ1) is 10.6. The van der Waals surface area contributed by atoms with E-state index in [0.29, 0.717) is 16.8 Å². The lowest BCUT2D eigenvalue weighted by molar-refractivity contribution is 0.0128. The number of halogens is 1. The average Bonchev–Trinajstić information content (AvgIpc) is 2.61. The number of ether oxygens (including phenoxy) is 1. The normalized spacial score (nSPS) is 21.5. The Labute approximate surface area is 94.5 Å². The molecule has 1 atom stereocenters. The molecule has 82 valence electrons. The molecular formula is C9H10BrNO4. The summed E-state index contributed by atoms with van der Waals surface area (Å²) < 4.78 is 10.7. The number of carboxylic acid groups (broad SMARTS) is 1. The lowest BCUT2D eigenvalue weighted by Gasteiger charge is -2.21. The van der Waals surface area contributed by atoms with Crippen molar-refractivity contribution in [1.29, 1.82) is 0 Å². The molecule has 2 rings (SSSR count). The van der Waals surface area contributed by atoms with Gasteiger partial charge in [-0.15, -0.1) is 0 Å². The molecule has 1 N–H and O–H groups in total. The summed E-state index contributed by atoms with van der Waals surface area (Å²) in [6, 6.07) is 0. The van der Waals surface area contributed by atoms with Gasteiger partial charge in [0.05, 0.1) is 11.7 Å². The highest BCUT2D eigenvalue weighted by Gasteiger charge is 2.29. The highest BCUT2D eigenvalue weighted by atomic mass is 79.9. The third kappa shape index (κ3) is 2.05. The Morgan fingerprint density at radius 1 is 1.53 bits per heavy atom. The highest BCUT2D eigenvalue weighted by molar-refractivity contribution is 9.10. The Bertz CT molecular complexity index is 370. The van der Waals surface area contributed by atoms with E-state index in [9.17, 15) is 4.79 Å². The fourth-order valence-corrected chi connectivity index (χ4v) is 2.19. The molecule has 5 nitrogen and oxygen atoms in total. The Morgan fingerprint density at radius 2 is 2.33 bits per heavy atom. The minimum Gasteiger partial charge on any atom is -0.475 e. The van der Waals surface area contributed by atoms with E-state index in [0.717, 1.165) is 19.3 Å². The molecule has 6 heteroatoms. The zero-order valence-corrected chi connectivity index (χ0v) is 9.49. The van der Waals surface area contributed by atoms with Crippen LogP contribution < -0.4 is 0 Å². The van der Waals surface area contributed by atoms with Crippen molar-refractivity contribution in [3.63, 3.8) is 0 Å². The van der Waals surface area contributed by atoms with Crippen molar-refractivity contribution in [1.82, 2.24) is 5.16 Å². The van der Waals surface area contributed by atoms with Gasteiger partial charge in [-0.05, 0) is 35.2 Å². The average molecular weight is 276 g/mol. The molecule has 1 unspecified atom stereocenters. The number of carbonyl (C=O) groups is 1. The highest BCUT2D eigenvalue weighted by Crippen LogP contribution is 2.34. The lowest BCUT2D eigenvalue weighted by Crippen LogP contribution is -2.14. The minimum absolute atomic E-state index is 0.131. The smallest absolute Gasteiger partial charge is 0.375 e. The molecule has 0 aliphatic carbocycles. The molecule has 0 aromatic carbocycles. The van der Waals surface area contributed by atoms with Gasteiger partial charge in [-0.1, -0.05) is 5.16 Å². The molecule has 1 saturated heterocycles. The minimum atomic E-state index is -1.11. The van der Waals surface area contributed by atoms with Crippen LogP contribution in [0.25, 0.3) is 0 Å². The summed E-state index contributed by atoms with van der Waals surface area (Å²) in [4.78, 5) is 10.9. The molecule has 1 aliphatic rings. The standard InChI is InChI=1S/C9H10BrNO4/c10-8-6(5-3-1-2-4-14-5)7(9(12)13)15-11-8/h5H,1-4H2,(H,12,13). The summed E-state index contributed by atoms with van der Waals surface area (Å²) in [5.74, 6) is -1.24. The van der Waals surface area contributed by atoms with Gasteiger partial charge in [-0.3, -0.25) is 0 Å². The summed E-state index contributed by atoms with van der Waals surface area (Å²) in [5.41, 5.74) is 0.516. The van der Waals surface area contributed by atoms with Crippen LogP contribution in [0.1, 0.15) is 41.5 Å². The number of aromatic nitrogens is 1. The van der Waals surface area contributed by atoms with Crippen molar-refractivity contribution in [3.05, 3.63) is 15.9 Å². The second kappa shape index (κ2) is 4.32. The maximum atomic E-state index is 10.9. The van der Waals surface area contributed by atoms with E-state index >= 15 is 0 Å². The summed E-state index contributed by atoms with van der Waals surface area (Å²) in [6.45, 7) is 0.654. The molecule has 1 aliphatic heterocycles. The van der Waals surface area contributed by atoms with Gasteiger partial charge in [-0.2, -0.15) is 0 Å². The fraction of sp³-hybridized carbons (Fsp3) is 0.556. The van der Waals surface area contributed by atoms with Crippen LogP contribution in [-0.4, -0.2) is 22.8 Å². The molecule has 0 saturated carbocycles. The van der Waals surface area contributed by atoms with Crippen LogP contribution in [0.2, 0.25) is 0 Å². The molecule has 0 spiro atoms. The molecule has 1 fully saturated rings.